The molecule has 3 nitrogen and oxygen atoms in total. The zero-order valence-electron chi connectivity index (χ0n) is 13.4. The summed E-state index contributed by atoms with van der Waals surface area (Å²) in [5.74, 6) is 1.28. The van der Waals surface area contributed by atoms with E-state index in [1.165, 1.54) is 0 Å². The number of hydrogen-bond acceptors (Lipinski definition) is 2. The normalized spacial score (nSPS) is 21.8. The van der Waals surface area contributed by atoms with Crippen LogP contribution in [0.25, 0.3) is 0 Å². The summed E-state index contributed by atoms with van der Waals surface area (Å²) in [5.41, 5.74) is 0. The van der Waals surface area contributed by atoms with Crippen molar-refractivity contribution in [3.63, 3.8) is 0 Å². The predicted molar refractivity (Wildman–Crippen MR) is 83.6 cm³/mol. The van der Waals surface area contributed by atoms with Crippen LogP contribution in [0.2, 0.25) is 0 Å². The predicted octanol–water partition coefficient (Wildman–Crippen LogP) is 3.64. The maximum atomic E-state index is 12.4. The van der Waals surface area contributed by atoms with E-state index < -0.39 is 0 Å². The molecule has 1 aliphatic heterocycles. The van der Waals surface area contributed by atoms with Crippen molar-refractivity contribution in [1.82, 2.24) is 4.90 Å². The van der Waals surface area contributed by atoms with Gasteiger partial charge in [0.2, 0.25) is 5.91 Å². The summed E-state index contributed by atoms with van der Waals surface area (Å²) in [5, 5.41) is 0. The fourth-order valence-corrected chi connectivity index (χ4v) is 3.20. The molecule has 1 saturated heterocycles. The van der Waals surface area contributed by atoms with Crippen LogP contribution >= 0.6 is 0 Å². The van der Waals surface area contributed by atoms with Crippen molar-refractivity contribution in [3.8, 4) is 0 Å². The number of carbonyl (C=O) groups is 1. The number of ether oxygens (including phenoxy) is 1. The van der Waals surface area contributed by atoms with Gasteiger partial charge in [-0.05, 0) is 50.9 Å². The van der Waals surface area contributed by atoms with Crippen LogP contribution in [-0.2, 0) is 9.53 Å². The summed E-state index contributed by atoms with van der Waals surface area (Å²) < 4.78 is 5.31. The van der Waals surface area contributed by atoms with E-state index in [4.69, 9.17) is 4.74 Å². The van der Waals surface area contributed by atoms with Crippen LogP contribution in [0.1, 0.15) is 52.4 Å². The van der Waals surface area contributed by atoms with Gasteiger partial charge in [0.1, 0.15) is 0 Å². The van der Waals surface area contributed by atoms with E-state index >= 15 is 0 Å². The van der Waals surface area contributed by atoms with E-state index in [0.29, 0.717) is 36.8 Å². The van der Waals surface area contributed by atoms with Gasteiger partial charge in [-0.1, -0.05) is 13.0 Å². The quantitative estimate of drug-likeness (QED) is 0.604. The van der Waals surface area contributed by atoms with E-state index in [1.54, 1.807) is 7.11 Å². The second kappa shape index (κ2) is 9.17. The van der Waals surface area contributed by atoms with E-state index in [0.717, 1.165) is 38.6 Å². The highest BCUT2D eigenvalue weighted by molar-refractivity contribution is 5.77. The zero-order valence-corrected chi connectivity index (χ0v) is 13.4. The fraction of sp³-hybridized carbons (Fsp3) is 0.824. The van der Waals surface area contributed by atoms with Crippen molar-refractivity contribution in [2.75, 3.05) is 20.3 Å². The number of amides is 1. The number of allylic oxidation sites excluding steroid dienone is 1. The van der Waals surface area contributed by atoms with Gasteiger partial charge in [0.05, 0.1) is 0 Å². The summed E-state index contributed by atoms with van der Waals surface area (Å²) in [4.78, 5) is 14.4. The number of nitrogens with zero attached hydrogens (tertiary/aromatic N) is 1. The Morgan fingerprint density at radius 2 is 2.30 bits per heavy atom. The third kappa shape index (κ3) is 5.66. The van der Waals surface area contributed by atoms with Gasteiger partial charge in [-0.3, -0.25) is 4.79 Å². The molecule has 1 aliphatic rings. The van der Waals surface area contributed by atoms with Gasteiger partial charge in [-0.25, -0.2) is 0 Å². The molecule has 3 unspecified atom stereocenters. The van der Waals surface area contributed by atoms with Crippen molar-refractivity contribution < 1.29 is 9.53 Å². The molecule has 0 spiro atoms. The van der Waals surface area contributed by atoms with Crippen LogP contribution in [0.3, 0.4) is 0 Å². The minimum absolute atomic E-state index is 0.313. The van der Waals surface area contributed by atoms with Gasteiger partial charge < -0.3 is 9.64 Å². The Labute approximate surface area is 124 Å². The lowest BCUT2D eigenvalue weighted by molar-refractivity contribution is -0.133. The van der Waals surface area contributed by atoms with E-state index in [-0.39, 0.29) is 0 Å². The molecule has 0 bridgehead atoms. The van der Waals surface area contributed by atoms with Crippen LogP contribution in [0.5, 0.6) is 0 Å². The Kier molecular flexibility index (Phi) is 7.90. The summed E-state index contributed by atoms with van der Waals surface area (Å²) in [6.45, 7) is 9.81. The van der Waals surface area contributed by atoms with Gasteiger partial charge in [0.25, 0.3) is 0 Å². The second-order valence-electron chi connectivity index (χ2n) is 6.31. The summed E-state index contributed by atoms with van der Waals surface area (Å²) in [7, 11) is 1.73. The van der Waals surface area contributed by atoms with Crippen LogP contribution in [0.15, 0.2) is 12.7 Å². The van der Waals surface area contributed by atoms with E-state index in [9.17, 15) is 4.79 Å². The summed E-state index contributed by atoms with van der Waals surface area (Å²) >= 11 is 0. The standard InChI is InChI=1S/C17H31NO2/c1-5-6-8-14(2)11-16(13-20-4)12-17(19)18-10-7-9-15(18)3/h5,14-16H,1,6-13H2,2-4H3. The van der Waals surface area contributed by atoms with Gasteiger partial charge in [0, 0.05) is 32.7 Å². The number of methoxy groups -OCH3 is 1. The third-order valence-electron chi connectivity index (χ3n) is 4.34. The molecule has 0 aromatic heterocycles. The Hall–Kier alpha value is -0.830. The Morgan fingerprint density at radius 1 is 1.55 bits per heavy atom. The summed E-state index contributed by atoms with van der Waals surface area (Å²) in [6, 6.07) is 0.420. The molecule has 0 radical (unpaired) electrons. The third-order valence-corrected chi connectivity index (χ3v) is 4.34. The molecule has 0 N–H and O–H groups in total. The van der Waals surface area contributed by atoms with Crippen molar-refractivity contribution >= 4 is 5.91 Å². The average Bonchev–Trinajstić information content (AvgIpc) is 2.83. The molecule has 1 rings (SSSR count). The van der Waals surface area contributed by atoms with Crippen molar-refractivity contribution in [2.45, 2.75) is 58.4 Å². The first kappa shape index (κ1) is 17.2. The van der Waals surface area contributed by atoms with Crippen LogP contribution in [-0.4, -0.2) is 37.1 Å². The first-order valence-electron chi connectivity index (χ1n) is 7.97. The fourth-order valence-electron chi connectivity index (χ4n) is 3.20. The maximum absolute atomic E-state index is 12.4. The largest absolute Gasteiger partial charge is 0.384 e. The minimum atomic E-state index is 0.313. The second-order valence-corrected chi connectivity index (χ2v) is 6.31. The molecule has 0 aliphatic carbocycles. The van der Waals surface area contributed by atoms with Crippen LogP contribution in [0.4, 0.5) is 0 Å². The lowest BCUT2D eigenvalue weighted by Gasteiger charge is -2.25. The Bertz CT molecular complexity index is 303. The monoisotopic (exact) mass is 281 g/mol. The van der Waals surface area contributed by atoms with Gasteiger partial charge in [0.15, 0.2) is 0 Å². The molecule has 20 heavy (non-hydrogen) atoms. The molecule has 0 aromatic rings. The van der Waals surface area contributed by atoms with Crippen molar-refractivity contribution in [2.24, 2.45) is 11.8 Å². The molecule has 0 aromatic carbocycles. The smallest absolute Gasteiger partial charge is 0.223 e. The van der Waals surface area contributed by atoms with Crippen LogP contribution < -0.4 is 0 Å². The van der Waals surface area contributed by atoms with Gasteiger partial charge in [-0.2, -0.15) is 0 Å². The number of likely N-dealkylation sites (tertiary alicyclic amines) is 1. The lowest BCUT2D eigenvalue weighted by atomic mass is 9.90. The molecule has 3 heteroatoms. The first-order chi connectivity index (χ1) is 9.58. The van der Waals surface area contributed by atoms with Gasteiger partial charge in [-0.15, -0.1) is 6.58 Å². The number of hydrogen-bond donors (Lipinski definition) is 0. The lowest BCUT2D eigenvalue weighted by Crippen LogP contribution is -2.35. The minimum Gasteiger partial charge on any atom is -0.384 e. The molecular weight excluding hydrogens is 250 g/mol. The summed E-state index contributed by atoms with van der Waals surface area (Å²) in [6.07, 6.45) is 8.18. The topological polar surface area (TPSA) is 29.5 Å². The molecule has 1 heterocycles. The number of carbonyl (C=O) groups excluding carboxylic acids is 1. The molecule has 0 saturated carbocycles. The molecule has 1 amide bonds. The van der Waals surface area contributed by atoms with Crippen LogP contribution in [0, 0.1) is 11.8 Å². The van der Waals surface area contributed by atoms with Crippen molar-refractivity contribution in [3.05, 3.63) is 12.7 Å². The van der Waals surface area contributed by atoms with E-state index in [1.807, 2.05) is 6.08 Å². The average molecular weight is 281 g/mol. The molecule has 116 valence electrons. The maximum Gasteiger partial charge on any atom is 0.223 e. The highest BCUT2D eigenvalue weighted by Crippen LogP contribution is 2.24. The highest BCUT2D eigenvalue weighted by Gasteiger charge is 2.27. The van der Waals surface area contributed by atoms with Gasteiger partial charge >= 0.3 is 0 Å². The Morgan fingerprint density at radius 3 is 2.85 bits per heavy atom. The SMILES string of the molecule is C=CCCC(C)CC(COC)CC(=O)N1CCCC1C. The molecule has 1 fully saturated rings. The molecular formula is C17H31NO2. The first-order valence-corrected chi connectivity index (χ1v) is 7.97. The van der Waals surface area contributed by atoms with E-state index in [2.05, 4.69) is 25.3 Å². The van der Waals surface area contributed by atoms with Crippen molar-refractivity contribution in [1.29, 1.82) is 0 Å². The number of rotatable bonds is 9. The Balaban J connectivity index is 2.44. The zero-order chi connectivity index (χ0) is 15.0. The highest BCUT2D eigenvalue weighted by atomic mass is 16.5. The molecule has 3 atom stereocenters.